The molecule has 1 unspecified atom stereocenters. The van der Waals surface area contributed by atoms with Crippen LogP contribution in [0.1, 0.15) is 33.1 Å². The molecule has 0 saturated carbocycles. The fourth-order valence-corrected chi connectivity index (χ4v) is 1.87. The first-order chi connectivity index (χ1) is 6.24. The molecule has 0 fully saturated rings. The van der Waals surface area contributed by atoms with E-state index >= 15 is 0 Å². The SMILES string of the molecule is CC(C)CC(CO)C1=CC=CCC1. The number of aliphatic hydroxyl groups is 1. The zero-order chi connectivity index (χ0) is 9.68. The van der Waals surface area contributed by atoms with E-state index in [9.17, 15) is 5.11 Å². The van der Waals surface area contributed by atoms with E-state index in [0.29, 0.717) is 18.4 Å². The molecular weight excluding hydrogens is 160 g/mol. The predicted molar refractivity (Wildman–Crippen MR) is 56.5 cm³/mol. The first kappa shape index (κ1) is 10.5. The molecule has 0 radical (unpaired) electrons. The van der Waals surface area contributed by atoms with Gasteiger partial charge in [0.05, 0.1) is 0 Å². The standard InChI is InChI=1S/C12H20O/c1-10(2)8-12(9-13)11-6-4-3-5-7-11/h3-4,6,10,12-13H,5,7-9H2,1-2H3. The van der Waals surface area contributed by atoms with Crippen LogP contribution >= 0.6 is 0 Å². The molecule has 0 spiro atoms. The molecular formula is C12H20O. The summed E-state index contributed by atoms with van der Waals surface area (Å²) in [6.45, 7) is 4.72. The zero-order valence-electron chi connectivity index (χ0n) is 8.66. The largest absolute Gasteiger partial charge is 0.396 e. The van der Waals surface area contributed by atoms with Crippen molar-refractivity contribution < 1.29 is 5.11 Å². The molecule has 0 aromatic rings. The smallest absolute Gasteiger partial charge is 0.0496 e. The molecule has 0 aliphatic heterocycles. The van der Waals surface area contributed by atoms with Crippen molar-refractivity contribution in [2.75, 3.05) is 6.61 Å². The number of hydrogen-bond acceptors (Lipinski definition) is 1. The fraction of sp³-hybridized carbons (Fsp3) is 0.667. The summed E-state index contributed by atoms with van der Waals surface area (Å²) in [6, 6.07) is 0. The molecule has 0 aromatic carbocycles. The summed E-state index contributed by atoms with van der Waals surface area (Å²) in [7, 11) is 0. The van der Waals surface area contributed by atoms with E-state index in [4.69, 9.17) is 0 Å². The minimum absolute atomic E-state index is 0.303. The molecule has 1 aliphatic carbocycles. The molecule has 74 valence electrons. The second-order valence-electron chi connectivity index (χ2n) is 4.22. The Kier molecular flexibility index (Phi) is 4.23. The van der Waals surface area contributed by atoms with Crippen LogP contribution in [0.25, 0.3) is 0 Å². The van der Waals surface area contributed by atoms with Gasteiger partial charge in [-0.15, -0.1) is 0 Å². The van der Waals surface area contributed by atoms with E-state index in [1.807, 2.05) is 0 Å². The van der Waals surface area contributed by atoms with Crippen molar-refractivity contribution in [3.63, 3.8) is 0 Å². The minimum Gasteiger partial charge on any atom is -0.396 e. The zero-order valence-corrected chi connectivity index (χ0v) is 8.66. The molecule has 0 saturated heterocycles. The average molecular weight is 180 g/mol. The van der Waals surface area contributed by atoms with Gasteiger partial charge < -0.3 is 5.11 Å². The highest BCUT2D eigenvalue weighted by Crippen LogP contribution is 2.25. The number of aliphatic hydroxyl groups excluding tert-OH is 1. The highest BCUT2D eigenvalue weighted by atomic mass is 16.3. The Morgan fingerprint density at radius 3 is 2.69 bits per heavy atom. The molecule has 0 bridgehead atoms. The molecule has 1 nitrogen and oxygen atoms in total. The third-order valence-electron chi connectivity index (χ3n) is 2.55. The maximum Gasteiger partial charge on any atom is 0.0496 e. The van der Waals surface area contributed by atoms with Crippen LogP contribution in [0.15, 0.2) is 23.8 Å². The first-order valence-electron chi connectivity index (χ1n) is 5.20. The second-order valence-corrected chi connectivity index (χ2v) is 4.22. The first-order valence-corrected chi connectivity index (χ1v) is 5.20. The Labute approximate surface area is 81.2 Å². The highest BCUT2D eigenvalue weighted by Gasteiger charge is 2.14. The van der Waals surface area contributed by atoms with Crippen LogP contribution in [0, 0.1) is 11.8 Å². The van der Waals surface area contributed by atoms with Crippen LogP contribution in [0.3, 0.4) is 0 Å². The van der Waals surface area contributed by atoms with Crippen LogP contribution < -0.4 is 0 Å². The molecule has 1 atom stereocenters. The Morgan fingerprint density at radius 1 is 1.46 bits per heavy atom. The summed E-state index contributed by atoms with van der Waals surface area (Å²) in [4.78, 5) is 0. The third kappa shape index (κ3) is 3.35. The Hall–Kier alpha value is -0.560. The molecule has 1 aliphatic rings. The summed E-state index contributed by atoms with van der Waals surface area (Å²) < 4.78 is 0. The summed E-state index contributed by atoms with van der Waals surface area (Å²) in [6.07, 6.45) is 9.85. The van der Waals surface area contributed by atoms with Crippen molar-refractivity contribution in [2.24, 2.45) is 11.8 Å². The van der Waals surface area contributed by atoms with Gasteiger partial charge in [0.25, 0.3) is 0 Å². The van der Waals surface area contributed by atoms with Crippen molar-refractivity contribution >= 4 is 0 Å². The monoisotopic (exact) mass is 180 g/mol. The summed E-state index contributed by atoms with van der Waals surface area (Å²) in [5.74, 6) is 1.06. The number of hydrogen-bond donors (Lipinski definition) is 1. The summed E-state index contributed by atoms with van der Waals surface area (Å²) in [5, 5.41) is 9.26. The topological polar surface area (TPSA) is 20.2 Å². The van der Waals surface area contributed by atoms with Crippen molar-refractivity contribution in [3.8, 4) is 0 Å². The van der Waals surface area contributed by atoms with Gasteiger partial charge in [0.15, 0.2) is 0 Å². The second kappa shape index (κ2) is 5.23. The summed E-state index contributed by atoms with van der Waals surface area (Å²) in [5.41, 5.74) is 1.43. The van der Waals surface area contributed by atoms with Gasteiger partial charge in [-0.1, -0.05) is 37.6 Å². The normalized spacial score (nSPS) is 18.9. The van der Waals surface area contributed by atoms with Gasteiger partial charge in [0.2, 0.25) is 0 Å². The highest BCUT2D eigenvalue weighted by molar-refractivity contribution is 5.20. The van der Waals surface area contributed by atoms with Crippen molar-refractivity contribution in [2.45, 2.75) is 33.1 Å². The molecule has 1 heteroatoms. The van der Waals surface area contributed by atoms with E-state index in [1.54, 1.807) is 0 Å². The van der Waals surface area contributed by atoms with Crippen molar-refractivity contribution in [3.05, 3.63) is 23.8 Å². The molecule has 0 aromatic heterocycles. The van der Waals surface area contributed by atoms with E-state index < -0.39 is 0 Å². The van der Waals surface area contributed by atoms with Gasteiger partial charge in [0.1, 0.15) is 0 Å². The molecule has 0 heterocycles. The number of allylic oxidation sites excluding steroid dienone is 3. The lowest BCUT2D eigenvalue weighted by Gasteiger charge is -2.21. The Bertz CT molecular complexity index is 201. The van der Waals surface area contributed by atoms with Gasteiger partial charge in [-0.2, -0.15) is 0 Å². The third-order valence-corrected chi connectivity index (χ3v) is 2.55. The average Bonchev–Trinajstić information content (AvgIpc) is 2.15. The lowest BCUT2D eigenvalue weighted by molar-refractivity contribution is 0.225. The van der Waals surface area contributed by atoms with E-state index in [-0.39, 0.29) is 0 Å². The van der Waals surface area contributed by atoms with Gasteiger partial charge in [-0.3, -0.25) is 0 Å². The molecule has 13 heavy (non-hydrogen) atoms. The van der Waals surface area contributed by atoms with E-state index in [0.717, 1.165) is 19.3 Å². The van der Waals surface area contributed by atoms with Gasteiger partial charge >= 0.3 is 0 Å². The number of rotatable bonds is 4. The quantitative estimate of drug-likeness (QED) is 0.705. The Morgan fingerprint density at radius 2 is 2.23 bits per heavy atom. The van der Waals surface area contributed by atoms with Crippen LogP contribution in [0.5, 0.6) is 0 Å². The maximum atomic E-state index is 9.26. The van der Waals surface area contributed by atoms with Gasteiger partial charge in [-0.05, 0) is 25.2 Å². The molecule has 1 rings (SSSR count). The van der Waals surface area contributed by atoms with Crippen LogP contribution in [-0.4, -0.2) is 11.7 Å². The van der Waals surface area contributed by atoms with E-state index in [1.165, 1.54) is 5.57 Å². The lowest BCUT2D eigenvalue weighted by Crippen LogP contribution is -2.13. The minimum atomic E-state index is 0.303. The van der Waals surface area contributed by atoms with Crippen molar-refractivity contribution in [1.29, 1.82) is 0 Å². The van der Waals surface area contributed by atoms with Crippen molar-refractivity contribution in [1.82, 2.24) is 0 Å². The summed E-state index contributed by atoms with van der Waals surface area (Å²) >= 11 is 0. The van der Waals surface area contributed by atoms with Crippen LogP contribution in [0.2, 0.25) is 0 Å². The van der Waals surface area contributed by atoms with E-state index in [2.05, 4.69) is 32.1 Å². The molecule has 1 N–H and O–H groups in total. The fourth-order valence-electron chi connectivity index (χ4n) is 1.87. The maximum absolute atomic E-state index is 9.26. The molecule has 0 amide bonds. The van der Waals surface area contributed by atoms with Crippen LogP contribution in [0.4, 0.5) is 0 Å². The van der Waals surface area contributed by atoms with Gasteiger partial charge in [-0.25, -0.2) is 0 Å². The van der Waals surface area contributed by atoms with Gasteiger partial charge in [0, 0.05) is 12.5 Å². The van der Waals surface area contributed by atoms with Crippen LogP contribution in [-0.2, 0) is 0 Å². The lowest BCUT2D eigenvalue weighted by atomic mass is 9.86. The Balaban J connectivity index is 2.54. The predicted octanol–water partition coefficient (Wildman–Crippen LogP) is 2.92.